The fourth-order valence-electron chi connectivity index (χ4n) is 4.09. The predicted molar refractivity (Wildman–Crippen MR) is 100 cm³/mol. The third-order valence-electron chi connectivity index (χ3n) is 5.63. The molecule has 1 saturated carbocycles. The van der Waals surface area contributed by atoms with E-state index in [9.17, 15) is 4.79 Å². The first-order chi connectivity index (χ1) is 12.8. The highest BCUT2D eigenvalue weighted by Gasteiger charge is 2.46. The van der Waals surface area contributed by atoms with Gasteiger partial charge in [-0.1, -0.05) is 60.7 Å². The van der Waals surface area contributed by atoms with Crippen LogP contribution in [-0.4, -0.2) is 27.5 Å². The molecule has 0 saturated heterocycles. The standard InChI is InChI=1S/C22H21N3O/c26-22(18-13-17(18)15-7-3-1-4-8-15)25-12-11-20-19(14-25)21(24-23-20)16-9-5-2-6-10-16/h1-10,17-18H,11-14H2,(H,23,24)/t17?,18-/m1/s1. The number of hydrogen-bond donors (Lipinski definition) is 1. The van der Waals surface area contributed by atoms with Crippen LogP contribution in [0.3, 0.4) is 0 Å². The molecule has 26 heavy (non-hydrogen) atoms. The molecule has 2 aromatic carbocycles. The SMILES string of the molecule is O=C([C@@H]1CC1c1ccccc1)N1CCc2[nH]nc(-c3ccccc3)c2C1. The van der Waals surface area contributed by atoms with Crippen LogP contribution in [0.5, 0.6) is 0 Å². The first kappa shape index (κ1) is 15.4. The quantitative estimate of drug-likeness (QED) is 0.787. The second kappa shape index (κ2) is 6.13. The molecule has 5 rings (SSSR count). The summed E-state index contributed by atoms with van der Waals surface area (Å²) >= 11 is 0. The second-order valence-corrected chi connectivity index (χ2v) is 7.26. The maximum absolute atomic E-state index is 13.0. The second-order valence-electron chi connectivity index (χ2n) is 7.26. The molecule has 1 fully saturated rings. The zero-order chi connectivity index (χ0) is 17.5. The van der Waals surface area contributed by atoms with E-state index in [0.29, 0.717) is 18.4 Å². The summed E-state index contributed by atoms with van der Waals surface area (Å²) in [7, 11) is 0. The number of fused-ring (bicyclic) bond motifs is 1. The Hall–Kier alpha value is -2.88. The number of nitrogens with zero attached hydrogens (tertiary/aromatic N) is 2. The van der Waals surface area contributed by atoms with E-state index in [1.54, 1.807) is 0 Å². The van der Waals surface area contributed by atoms with Crippen LogP contribution < -0.4 is 0 Å². The molecule has 1 unspecified atom stereocenters. The van der Waals surface area contributed by atoms with Crippen LogP contribution in [0.25, 0.3) is 11.3 Å². The van der Waals surface area contributed by atoms with Gasteiger partial charge in [0.25, 0.3) is 0 Å². The fraction of sp³-hybridized carbons (Fsp3) is 0.273. The maximum atomic E-state index is 13.0. The van der Waals surface area contributed by atoms with Crippen molar-refractivity contribution < 1.29 is 4.79 Å². The molecular weight excluding hydrogens is 322 g/mol. The highest BCUT2D eigenvalue weighted by molar-refractivity contribution is 5.83. The smallest absolute Gasteiger partial charge is 0.226 e. The lowest BCUT2D eigenvalue weighted by Gasteiger charge is -2.27. The van der Waals surface area contributed by atoms with Crippen molar-refractivity contribution in [3.63, 3.8) is 0 Å². The van der Waals surface area contributed by atoms with Gasteiger partial charge in [-0.05, 0) is 17.9 Å². The Morgan fingerprint density at radius 2 is 1.77 bits per heavy atom. The van der Waals surface area contributed by atoms with E-state index in [4.69, 9.17) is 0 Å². The number of aromatic nitrogens is 2. The van der Waals surface area contributed by atoms with Gasteiger partial charge in [0.05, 0.1) is 5.69 Å². The summed E-state index contributed by atoms with van der Waals surface area (Å²) in [5.41, 5.74) is 5.72. The monoisotopic (exact) mass is 343 g/mol. The van der Waals surface area contributed by atoms with Crippen LogP contribution in [0.2, 0.25) is 0 Å². The molecule has 2 aliphatic rings. The van der Waals surface area contributed by atoms with Crippen molar-refractivity contribution in [1.82, 2.24) is 15.1 Å². The van der Waals surface area contributed by atoms with Crippen LogP contribution >= 0.6 is 0 Å². The molecule has 4 heteroatoms. The van der Waals surface area contributed by atoms with Gasteiger partial charge in [-0.15, -0.1) is 0 Å². The van der Waals surface area contributed by atoms with Crippen molar-refractivity contribution >= 4 is 5.91 Å². The molecule has 1 N–H and O–H groups in total. The number of carbonyl (C=O) groups is 1. The molecule has 4 nitrogen and oxygen atoms in total. The number of rotatable bonds is 3. The number of aromatic amines is 1. The topological polar surface area (TPSA) is 49.0 Å². The lowest BCUT2D eigenvalue weighted by molar-refractivity contribution is -0.133. The van der Waals surface area contributed by atoms with Crippen LogP contribution in [0.15, 0.2) is 60.7 Å². The van der Waals surface area contributed by atoms with Gasteiger partial charge < -0.3 is 4.90 Å². The molecule has 0 radical (unpaired) electrons. The van der Waals surface area contributed by atoms with Gasteiger partial charge >= 0.3 is 0 Å². The van der Waals surface area contributed by atoms with Gasteiger partial charge in [0.1, 0.15) is 0 Å². The van der Waals surface area contributed by atoms with Gasteiger partial charge in [0.15, 0.2) is 0 Å². The Kier molecular flexibility index (Phi) is 3.63. The van der Waals surface area contributed by atoms with Crippen LogP contribution in [0.4, 0.5) is 0 Å². The van der Waals surface area contributed by atoms with Gasteiger partial charge in [0, 0.05) is 42.2 Å². The molecule has 0 spiro atoms. The van der Waals surface area contributed by atoms with E-state index >= 15 is 0 Å². The van der Waals surface area contributed by atoms with E-state index in [1.165, 1.54) is 16.8 Å². The number of nitrogens with one attached hydrogen (secondary N) is 1. The zero-order valence-corrected chi connectivity index (χ0v) is 14.6. The minimum atomic E-state index is 0.144. The van der Waals surface area contributed by atoms with Crippen molar-refractivity contribution in [3.05, 3.63) is 77.5 Å². The van der Waals surface area contributed by atoms with Crippen molar-refractivity contribution in [2.24, 2.45) is 5.92 Å². The normalized spacial score (nSPS) is 21.3. The molecule has 0 bridgehead atoms. The third kappa shape index (κ3) is 2.62. The van der Waals surface area contributed by atoms with Crippen molar-refractivity contribution in [2.75, 3.05) is 6.54 Å². The largest absolute Gasteiger partial charge is 0.338 e. The lowest BCUT2D eigenvalue weighted by atomic mass is 10.0. The molecule has 3 aromatic rings. The van der Waals surface area contributed by atoms with Gasteiger partial charge in [-0.2, -0.15) is 5.10 Å². The molecule has 130 valence electrons. The Morgan fingerprint density at radius 3 is 2.54 bits per heavy atom. The summed E-state index contributed by atoms with van der Waals surface area (Å²) in [6.07, 6.45) is 1.83. The molecular formula is C22H21N3O. The number of hydrogen-bond acceptors (Lipinski definition) is 2. The van der Waals surface area contributed by atoms with E-state index in [1.807, 2.05) is 29.2 Å². The van der Waals surface area contributed by atoms with E-state index in [2.05, 4.69) is 46.6 Å². The van der Waals surface area contributed by atoms with Gasteiger partial charge in [-0.3, -0.25) is 9.89 Å². The minimum absolute atomic E-state index is 0.144. The van der Waals surface area contributed by atoms with Crippen LogP contribution in [0.1, 0.15) is 29.2 Å². The third-order valence-corrected chi connectivity index (χ3v) is 5.63. The summed E-state index contributed by atoms with van der Waals surface area (Å²) in [5, 5.41) is 7.70. The molecule has 1 amide bonds. The van der Waals surface area contributed by atoms with E-state index in [-0.39, 0.29) is 5.92 Å². The number of carbonyl (C=O) groups excluding carboxylic acids is 1. The van der Waals surface area contributed by atoms with Gasteiger partial charge in [0.2, 0.25) is 5.91 Å². The maximum Gasteiger partial charge on any atom is 0.226 e. The summed E-state index contributed by atoms with van der Waals surface area (Å²) in [5.74, 6) is 0.832. The van der Waals surface area contributed by atoms with Crippen molar-refractivity contribution in [1.29, 1.82) is 0 Å². The predicted octanol–water partition coefficient (Wildman–Crippen LogP) is 3.77. The summed E-state index contributed by atoms with van der Waals surface area (Å²) in [6, 6.07) is 20.6. The Morgan fingerprint density at radius 1 is 1.04 bits per heavy atom. The molecule has 1 aromatic heterocycles. The van der Waals surface area contributed by atoms with E-state index < -0.39 is 0 Å². The highest BCUT2D eigenvalue weighted by atomic mass is 16.2. The number of benzene rings is 2. The minimum Gasteiger partial charge on any atom is -0.338 e. The van der Waals surface area contributed by atoms with Crippen molar-refractivity contribution in [3.8, 4) is 11.3 Å². The highest BCUT2D eigenvalue weighted by Crippen LogP contribution is 2.48. The van der Waals surface area contributed by atoms with E-state index in [0.717, 1.165) is 30.6 Å². The summed E-state index contributed by atoms with van der Waals surface area (Å²) in [6.45, 7) is 1.44. The number of H-pyrrole nitrogens is 1. The molecule has 2 atom stereocenters. The van der Waals surface area contributed by atoms with Crippen LogP contribution in [0, 0.1) is 5.92 Å². The Balaban J connectivity index is 1.35. The van der Waals surface area contributed by atoms with Crippen molar-refractivity contribution in [2.45, 2.75) is 25.3 Å². The zero-order valence-electron chi connectivity index (χ0n) is 14.6. The van der Waals surface area contributed by atoms with Crippen LogP contribution in [-0.2, 0) is 17.8 Å². The average Bonchev–Trinajstić information content (AvgIpc) is 3.40. The summed E-state index contributed by atoms with van der Waals surface area (Å²) < 4.78 is 0. The Bertz CT molecular complexity index is 933. The molecule has 1 aliphatic heterocycles. The number of amides is 1. The Labute approximate surface area is 152 Å². The van der Waals surface area contributed by atoms with Gasteiger partial charge in [-0.25, -0.2) is 0 Å². The first-order valence-corrected chi connectivity index (χ1v) is 9.26. The molecule has 2 heterocycles. The fourth-order valence-corrected chi connectivity index (χ4v) is 4.09. The average molecular weight is 343 g/mol. The first-order valence-electron chi connectivity index (χ1n) is 9.26. The summed E-state index contributed by atoms with van der Waals surface area (Å²) in [4.78, 5) is 15.0. The molecule has 1 aliphatic carbocycles. The lowest BCUT2D eigenvalue weighted by Crippen LogP contribution is -2.37.